The monoisotopic (exact) mass is 331 g/mol. The van der Waals surface area contributed by atoms with Gasteiger partial charge in [-0.2, -0.15) is 4.98 Å². The summed E-state index contributed by atoms with van der Waals surface area (Å²) in [5.74, 6) is 0.149. The van der Waals surface area contributed by atoms with Crippen LogP contribution in [0.25, 0.3) is 11.4 Å². The van der Waals surface area contributed by atoms with Crippen LogP contribution in [-0.2, 0) is 0 Å². The first-order chi connectivity index (χ1) is 11.0. The topological polar surface area (TPSA) is 68.0 Å². The van der Waals surface area contributed by atoms with Crippen LogP contribution in [0, 0.1) is 12.7 Å². The fourth-order valence-corrected chi connectivity index (χ4v) is 2.88. The van der Waals surface area contributed by atoms with Crippen LogP contribution in [0.4, 0.5) is 4.39 Å². The van der Waals surface area contributed by atoms with Crippen LogP contribution in [0.15, 0.2) is 40.2 Å². The number of amides is 1. The summed E-state index contributed by atoms with van der Waals surface area (Å²) in [4.78, 5) is 17.1. The average Bonchev–Trinajstić information content (AvgIpc) is 3.17. The number of aryl methyl sites for hydroxylation is 1. The molecule has 0 aliphatic carbocycles. The molecule has 5 nitrogen and oxygen atoms in total. The second-order valence-corrected chi connectivity index (χ2v) is 6.01. The number of benzene rings is 1. The minimum atomic E-state index is -0.425. The third-order valence-electron chi connectivity index (χ3n) is 3.33. The smallest absolute Gasteiger partial charge is 0.262 e. The number of hydrogen-bond donors (Lipinski definition) is 1. The van der Waals surface area contributed by atoms with Crippen LogP contribution in [0.2, 0.25) is 0 Å². The van der Waals surface area contributed by atoms with Gasteiger partial charge in [0.05, 0.1) is 4.88 Å². The van der Waals surface area contributed by atoms with E-state index in [4.69, 9.17) is 4.52 Å². The van der Waals surface area contributed by atoms with E-state index in [0.717, 1.165) is 5.56 Å². The lowest BCUT2D eigenvalue weighted by Gasteiger charge is -2.08. The Kier molecular flexibility index (Phi) is 4.20. The summed E-state index contributed by atoms with van der Waals surface area (Å²) in [5.41, 5.74) is 1.58. The van der Waals surface area contributed by atoms with Crippen molar-refractivity contribution < 1.29 is 13.7 Å². The number of hydrogen-bond acceptors (Lipinski definition) is 5. The van der Waals surface area contributed by atoms with Gasteiger partial charge in [0.1, 0.15) is 11.9 Å². The zero-order valence-electron chi connectivity index (χ0n) is 12.5. The van der Waals surface area contributed by atoms with Gasteiger partial charge in [-0.3, -0.25) is 4.79 Å². The van der Waals surface area contributed by atoms with Crippen LogP contribution in [0.1, 0.15) is 34.1 Å². The van der Waals surface area contributed by atoms with Crippen molar-refractivity contribution in [2.45, 2.75) is 19.9 Å². The summed E-state index contributed by atoms with van der Waals surface area (Å²) in [6.07, 6.45) is 0. The van der Waals surface area contributed by atoms with E-state index in [1.807, 2.05) is 18.4 Å². The fraction of sp³-hybridized carbons (Fsp3) is 0.188. The Labute approximate surface area is 136 Å². The second kappa shape index (κ2) is 6.29. The molecule has 7 heteroatoms. The van der Waals surface area contributed by atoms with E-state index in [9.17, 15) is 9.18 Å². The zero-order chi connectivity index (χ0) is 16.4. The molecule has 1 amide bonds. The molecule has 2 aromatic heterocycles. The predicted octanol–water partition coefficient (Wildman–Crippen LogP) is 3.74. The number of thiophene rings is 1. The molecule has 3 rings (SSSR count). The maximum atomic E-state index is 12.9. The molecule has 0 saturated carbocycles. The first-order valence-electron chi connectivity index (χ1n) is 6.99. The maximum absolute atomic E-state index is 12.9. The lowest BCUT2D eigenvalue weighted by Crippen LogP contribution is -2.26. The van der Waals surface area contributed by atoms with Crippen molar-refractivity contribution in [1.29, 1.82) is 0 Å². The number of nitrogens with one attached hydrogen (secondary N) is 1. The zero-order valence-corrected chi connectivity index (χ0v) is 13.4. The summed E-state index contributed by atoms with van der Waals surface area (Å²) < 4.78 is 18.1. The fourth-order valence-electron chi connectivity index (χ4n) is 2.06. The Balaban J connectivity index is 1.73. The Morgan fingerprint density at radius 1 is 1.30 bits per heavy atom. The molecule has 0 unspecified atom stereocenters. The van der Waals surface area contributed by atoms with Gasteiger partial charge < -0.3 is 9.84 Å². The third-order valence-corrected chi connectivity index (χ3v) is 4.35. The van der Waals surface area contributed by atoms with E-state index >= 15 is 0 Å². The molecule has 118 valence electrons. The van der Waals surface area contributed by atoms with Gasteiger partial charge in [-0.15, -0.1) is 11.3 Å². The van der Waals surface area contributed by atoms with Crippen molar-refractivity contribution in [2.75, 3.05) is 0 Å². The Bertz CT molecular complexity index is 826. The van der Waals surface area contributed by atoms with Crippen molar-refractivity contribution >= 4 is 17.2 Å². The molecule has 0 aliphatic heterocycles. The second-order valence-electron chi connectivity index (χ2n) is 5.09. The molecule has 2 heterocycles. The van der Waals surface area contributed by atoms with E-state index in [1.54, 1.807) is 19.1 Å². The summed E-state index contributed by atoms with van der Waals surface area (Å²) in [5, 5.41) is 8.57. The SMILES string of the molecule is Cc1ccsc1C(=O)N[C@H](C)c1nc(-c2ccc(F)cc2)no1. The molecular formula is C16H14FN3O2S. The first-order valence-corrected chi connectivity index (χ1v) is 7.87. The summed E-state index contributed by atoms with van der Waals surface area (Å²) >= 11 is 1.38. The van der Waals surface area contributed by atoms with Crippen LogP contribution in [-0.4, -0.2) is 16.0 Å². The number of aromatic nitrogens is 2. The number of carbonyl (C=O) groups is 1. The highest BCUT2D eigenvalue weighted by atomic mass is 32.1. The molecule has 0 aliphatic rings. The van der Waals surface area contributed by atoms with Crippen LogP contribution in [0.5, 0.6) is 0 Å². The number of nitrogens with zero attached hydrogens (tertiary/aromatic N) is 2. The van der Waals surface area contributed by atoms with Crippen molar-refractivity contribution in [3.63, 3.8) is 0 Å². The molecule has 0 spiro atoms. The third kappa shape index (κ3) is 3.29. The highest BCUT2D eigenvalue weighted by Crippen LogP contribution is 2.20. The molecule has 0 saturated heterocycles. The van der Waals surface area contributed by atoms with E-state index < -0.39 is 6.04 Å². The largest absolute Gasteiger partial charge is 0.340 e. The van der Waals surface area contributed by atoms with Crippen LogP contribution >= 0.6 is 11.3 Å². The van der Waals surface area contributed by atoms with Gasteiger partial charge in [0, 0.05) is 5.56 Å². The molecule has 23 heavy (non-hydrogen) atoms. The van der Waals surface area contributed by atoms with Crippen molar-refractivity contribution in [2.24, 2.45) is 0 Å². The maximum Gasteiger partial charge on any atom is 0.262 e. The molecule has 1 atom stereocenters. The van der Waals surface area contributed by atoms with E-state index in [2.05, 4.69) is 15.5 Å². The number of halogens is 1. The van der Waals surface area contributed by atoms with Gasteiger partial charge in [-0.1, -0.05) is 5.16 Å². The van der Waals surface area contributed by atoms with Crippen molar-refractivity contribution in [3.8, 4) is 11.4 Å². The molecular weight excluding hydrogens is 317 g/mol. The van der Waals surface area contributed by atoms with Gasteiger partial charge in [-0.05, 0) is 55.1 Å². The Morgan fingerprint density at radius 3 is 2.70 bits per heavy atom. The standard InChI is InChI=1S/C16H14FN3O2S/c1-9-7-8-23-13(9)15(21)18-10(2)16-19-14(20-22-16)11-3-5-12(17)6-4-11/h3-8,10H,1-2H3,(H,18,21)/t10-/m1/s1. The minimum absolute atomic E-state index is 0.175. The van der Waals surface area contributed by atoms with Gasteiger partial charge in [-0.25, -0.2) is 4.39 Å². The Hall–Kier alpha value is -2.54. The lowest BCUT2D eigenvalue weighted by molar-refractivity contribution is 0.0936. The number of carbonyl (C=O) groups excluding carboxylic acids is 1. The summed E-state index contributed by atoms with van der Waals surface area (Å²) in [6, 6.07) is 7.27. The van der Waals surface area contributed by atoms with Gasteiger partial charge in [0.25, 0.3) is 5.91 Å². The van der Waals surface area contributed by atoms with Gasteiger partial charge in [0.2, 0.25) is 11.7 Å². The van der Waals surface area contributed by atoms with Crippen LogP contribution in [0.3, 0.4) is 0 Å². The summed E-state index contributed by atoms with van der Waals surface area (Å²) in [6.45, 7) is 3.65. The van der Waals surface area contributed by atoms with Gasteiger partial charge in [0.15, 0.2) is 0 Å². The van der Waals surface area contributed by atoms with E-state index in [-0.39, 0.29) is 11.7 Å². The molecule has 1 aromatic carbocycles. The molecule has 0 fully saturated rings. The van der Waals surface area contributed by atoms with E-state index in [1.165, 1.54) is 23.5 Å². The molecule has 1 N–H and O–H groups in total. The predicted molar refractivity (Wildman–Crippen MR) is 84.6 cm³/mol. The Morgan fingerprint density at radius 2 is 2.04 bits per heavy atom. The van der Waals surface area contributed by atoms with E-state index in [0.29, 0.717) is 22.2 Å². The average molecular weight is 331 g/mol. The van der Waals surface area contributed by atoms with Crippen molar-refractivity contribution in [3.05, 3.63) is 57.9 Å². The highest BCUT2D eigenvalue weighted by Gasteiger charge is 2.19. The van der Waals surface area contributed by atoms with Crippen LogP contribution < -0.4 is 5.32 Å². The normalized spacial score (nSPS) is 12.1. The van der Waals surface area contributed by atoms with Gasteiger partial charge >= 0.3 is 0 Å². The first kappa shape index (κ1) is 15.4. The van der Waals surface area contributed by atoms with Crippen molar-refractivity contribution in [1.82, 2.24) is 15.5 Å². The lowest BCUT2D eigenvalue weighted by atomic mass is 10.2. The molecule has 3 aromatic rings. The number of rotatable bonds is 4. The minimum Gasteiger partial charge on any atom is -0.340 e. The molecule has 0 radical (unpaired) electrons. The molecule has 0 bridgehead atoms. The quantitative estimate of drug-likeness (QED) is 0.791. The summed E-state index contributed by atoms with van der Waals surface area (Å²) in [7, 11) is 0. The highest BCUT2D eigenvalue weighted by molar-refractivity contribution is 7.12.